The molecular formula is C21H25NO2S. The Balaban J connectivity index is 1.68. The van der Waals surface area contributed by atoms with Gasteiger partial charge in [0.2, 0.25) is 0 Å². The summed E-state index contributed by atoms with van der Waals surface area (Å²) in [7, 11) is 0. The minimum atomic E-state index is -0.712. The lowest BCUT2D eigenvalue weighted by molar-refractivity contribution is -0.137. The largest absolute Gasteiger partial charge is 0.481 e. The molecule has 0 amide bonds. The predicted octanol–water partition coefficient (Wildman–Crippen LogP) is 5.75. The van der Waals surface area contributed by atoms with E-state index < -0.39 is 5.97 Å². The third-order valence-corrected chi connectivity index (χ3v) is 6.27. The first kappa shape index (κ1) is 18.0. The summed E-state index contributed by atoms with van der Waals surface area (Å²) in [5, 5.41) is 10.6. The zero-order valence-corrected chi connectivity index (χ0v) is 15.5. The summed E-state index contributed by atoms with van der Waals surface area (Å²) in [6.07, 6.45) is 7.70. The highest BCUT2D eigenvalue weighted by Gasteiger charge is 2.21. The summed E-state index contributed by atoms with van der Waals surface area (Å²) in [4.78, 5) is 15.2. The van der Waals surface area contributed by atoms with Crippen molar-refractivity contribution in [3.63, 3.8) is 0 Å². The van der Waals surface area contributed by atoms with Crippen LogP contribution in [0.1, 0.15) is 56.9 Å². The van der Waals surface area contributed by atoms with Gasteiger partial charge in [0.15, 0.2) is 0 Å². The Morgan fingerprint density at radius 2 is 2.04 bits per heavy atom. The van der Waals surface area contributed by atoms with Crippen LogP contribution in [0.4, 0.5) is 0 Å². The van der Waals surface area contributed by atoms with Gasteiger partial charge in [-0.1, -0.05) is 43.7 Å². The van der Waals surface area contributed by atoms with Gasteiger partial charge in [-0.15, -0.1) is 11.8 Å². The SMILES string of the molecule is CC(CCCC(=O)O)c1ccc(-c2cccnc2SC2CCC2)cc1. The number of hydrogen-bond acceptors (Lipinski definition) is 3. The molecule has 0 saturated heterocycles. The molecule has 25 heavy (non-hydrogen) atoms. The normalized spacial score (nSPS) is 15.6. The summed E-state index contributed by atoms with van der Waals surface area (Å²) < 4.78 is 0. The van der Waals surface area contributed by atoms with Crippen LogP contribution in [0.25, 0.3) is 11.1 Å². The highest BCUT2D eigenvalue weighted by Crippen LogP contribution is 2.39. The van der Waals surface area contributed by atoms with Crippen LogP contribution in [-0.4, -0.2) is 21.3 Å². The molecular weight excluding hydrogens is 330 g/mol. The molecule has 1 aromatic heterocycles. The van der Waals surface area contributed by atoms with E-state index in [0.717, 1.165) is 23.1 Å². The highest BCUT2D eigenvalue weighted by molar-refractivity contribution is 8.00. The first-order valence-corrected chi connectivity index (χ1v) is 9.95. The Morgan fingerprint density at radius 3 is 2.68 bits per heavy atom. The maximum Gasteiger partial charge on any atom is 0.303 e. The molecule has 3 nitrogen and oxygen atoms in total. The maximum absolute atomic E-state index is 10.6. The molecule has 2 aromatic rings. The van der Waals surface area contributed by atoms with Crippen LogP contribution in [0, 0.1) is 0 Å². The number of hydrogen-bond donors (Lipinski definition) is 1. The third-order valence-electron chi connectivity index (χ3n) is 4.92. The van der Waals surface area contributed by atoms with Crippen molar-refractivity contribution in [2.24, 2.45) is 0 Å². The van der Waals surface area contributed by atoms with E-state index >= 15 is 0 Å². The van der Waals surface area contributed by atoms with Crippen molar-refractivity contribution in [2.75, 3.05) is 0 Å². The van der Waals surface area contributed by atoms with Crippen LogP contribution in [0.15, 0.2) is 47.6 Å². The van der Waals surface area contributed by atoms with Gasteiger partial charge < -0.3 is 5.11 Å². The third kappa shape index (κ3) is 4.85. The molecule has 1 atom stereocenters. The molecule has 1 N–H and O–H groups in total. The molecule has 1 aliphatic rings. The van der Waals surface area contributed by atoms with Crippen LogP contribution < -0.4 is 0 Å². The van der Waals surface area contributed by atoms with Crippen LogP contribution in [0.3, 0.4) is 0 Å². The fourth-order valence-electron chi connectivity index (χ4n) is 3.07. The first-order valence-electron chi connectivity index (χ1n) is 9.07. The van der Waals surface area contributed by atoms with Crippen molar-refractivity contribution in [3.8, 4) is 11.1 Å². The summed E-state index contributed by atoms with van der Waals surface area (Å²) >= 11 is 1.91. The van der Waals surface area contributed by atoms with E-state index in [2.05, 4.69) is 42.2 Å². The van der Waals surface area contributed by atoms with Gasteiger partial charge >= 0.3 is 5.97 Å². The Hall–Kier alpha value is -1.81. The van der Waals surface area contributed by atoms with Crippen molar-refractivity contribution < 1.29 is 9.90 Å². The average Bonchev–Trinajstić information content (AvgIpc) is 2.58. The number of nitrogens with zero attached hydrogens (tertiary/aromatic N) is 1. The van der Waals surface area contributed by atoms with Gasteiger partial charge in [-0.3, -0.25) is 4.79 Å². The van der Waals surface area contributed by atoms with Crippen LogP contribution in [-0.2, 0) is 4.79 Å². The second-order valence-electron chi connectivity index (χ2n) is 6.84. The van der Waals surface area contributed by atoms with Gasteiger partial charge in [-0.2, -0.15) is 0 Å². The quantitative estimate of drug-likeness (QED) is 0.655. The van der Waals surface area contributed by atoms with E-state index in [-0.39, 0.29) is 6.42 Å². The molecule has 1 aliphatic carbocycles. The zero-order chi connectivity index (χ0) is 17.6. The summed E-state index contributed by atoms with van der Waals surface area (Å²) in [5.41, 5.74) is 3.69. The number of rotatable bonds is 8. The fraction of sp³-hybridized carbons (Fsp3) is 0.429. The number of pyridine rings is 1. The second kappa shape index (κ2) is 8.52. The molecule has 3 rings (SSSR count). The van der Waals surface area contributed by atoms with Gasteiger partial charge in [-0.25, -0.2) is 4.98 Å². The van der Waals surface area contributed by atoms with Gasteiger partial charge in [0.05, 0.1) is 0 Å². The smallest absolute Gasteiger partial charge is 0.303 e. The number of carboxylic acid groups (broad SMARTS) is 1. The van der Waals surface area contributed by atoms with Crippen molar-refractivity contribution in [1.82, 2.24) is 4.98 Å². The Labute approximate surface area is 153 Å². The minimum absolute atomic E-state index is 0.250. The number of carbonyl (C=O) groups is 1. The van der Waals surface area contributed by atoms with E-state index in [0.29, 0.717) is 5.92 Å². The fourth-order valence-corrected chi connectivity index (χ4v) is 4.39. The van der Waals surface area contributed by atoms with Crippen LogP contribution >= 0.6 is 11.8 Å². The second-order valence-corrected chi connectivity index (χ2v) is 8.12. The van der Waals surface area contributed by atoms with E-state index in [1.165, 1.54) is 36.0 Å². The van der Waals surface area contributed by atoms with Crippen molar-refractivity contribution in [1.29, 1.82) is 0 Å². The number of aromatic nitrogens is 1. The van der Waals surface area contributed by atoms with E-state index in [1.807, 2.05) is 24.0 Å². The number of thioether (sulfide) groups is 1. The Bertz CT molecular complexity index is 710. The summed E-state index contributed by atoms with van der Waals surface area (Å²) in [6.45, 7) is 2.17. The standard InChI is InChI=1S/C21H25NO2S/c1-15(5-2-9-20(23)24)16-10-12-17(13-11-16)19-8-4-14-22-21(19)25-18-6-3-7-18/h4,8,10-15,18H,2-3,5-7,9H2,1H3,(H,23,24). The molecule has 0 bridgehead atoms. The Kier molecular flexibility index (Phi) is 6.14. The molecule has 1 aromatic carbocycles. The van der Waals surface area contributed by atoms with Gasteiger partial charge in [0, 0.05) is 23.4 Å². The highest BCUT2D eigenvalue weighted by atomic mass is 32.2. The molecule has 1 fully saturated rings. The van der Waals surface area contributed by atoms with E-state index in [1.54, 1.807) is 0 Å². The predicted molar refractivity (Wildman–Crippen MR) is 103 cm³/mol. The minimum Gasteiger partial charge on any atom is -0.481 e. The molecule has 0 aliphatic heterocycles. The molecule has 0 radical (unpaired) electrons. The lowest BCUT2D eigenvalue weighted by Gasteiger charge is -2.25. The molecule has 1 saturated carbocycles. The molecule has 132 valence electrons. The number of carboxylic acids is 1. The molecule has 1 heterocycles. The molecule has 4 heteroatoms. The van der Waals surface area contributed by atoms with Crippen molar-refractivity contribution in [2.45, 2.75) is 61.6 Å². The van der Waals surface area contributed by atoms with Crippen LogP contribution in [0.2, 0.25) is 0 Å². The topological polar surface area (TPSA) is 50.2 Å². The monoisotopic (exact) mass is 355 g/mol. The van der Waals surface area contributed by atoms with E-state index in [9.17, 15) is 4.79 Å². The zero-order valence-electron chi connectivity index (χ0n) is 14.6. The lowest BCUT2D eigenvalue weighted by atomic mass is 9.94. The van der Waals surface area contributed by atoms with Gasteiger partial charge in [0.25, 0.3) is 0 Å². The van der Waals surface area contributed by atoms with E-state index in [4.69, 9.17) is 5.11 Å². The number of aliphatic carboxylic acids is 1. The summed E-state index contributed by atoms with van der Waals surface area (Å²) in [5.74, 6) is -0.332. The van der Waals surface area contributed by atoms with Gasteiger partial charge in [0.1, 0.15) is 5.03 Å². The number of benzene rings is 1. The molecule has 0 spiro atoms. The van der Waals surface area contributed by atoms with Gasteiger partial charge in [-0.05, 0) is 48.8 Å². The van der Waals surface area contributed by atoms with Crippen molar-refractivity contribution in [3.05, 3.63) is 48.2 Å². The van der Waals surface area contributed by atoms with Crippen LogP contribution in [0.5, 0.6) is 0 Å². The maximum atomic E-state index is 10.6. The Morgan fingerprint density at radius 1 is 1.28 bits per heavy atom. The van der Waals surface area contributed by atoms with Crippen molar-refractivity contribution >= 4 is 17.7 Å². The lowest BCUT2D eigenvalue weighted by Crippen LogP contribution is -2.13. The summed E-state index contributed by atoms with van der Waals surface area (Å²) in [6, 6.07) is 12.8. The molecule has 1 unspecified atom stereocenters. The first-order chi connectivity index (χ1) is 12.1. The average molecular weight is 356 g/mol.